The minimum atomic E-state index is 0. The van der Waals surface area contributed by atoms with Crippen LogP contribution in [0.2, 0.25) is 0 Å². The molecule has 0 aliphatic carbocycles. The first-order chi connectivity index (χ1) is 6.95. The monoisotopic (exact) mass is 352 g/mol. The fourth-order valence-corrected chi connectivity index (χ4v) is 1.67. The van der Waals surface area contributed by atoms with Crippen molar-refractivity contribution in [2.45, 2.75) is 25.5 Å². The molecule has 1 atom stereocenters. The summed E-state index contributed by atoms with van der Waals surface area (Å²) in [7, 11) is 0. The number of nitrogens with one attached hydrogen (secondary N) is 1. The Hall–Kier alpha value is 0.0300. The van der Waals surface area contributed by atoms with Gasteiger partial charge in [0.1, 0.15) is 0 Å². The molecule has 1 aromatic rings. The molecule has 92 valence electrons. The number of aromatic nitrogens is 1. The Morgan fingerprint density at radius 2 is 2.25 bits per heavy atom. The third-order valence-electron chi connectivity index (χ3n) is 2.43. The summed E-state index contributed by atoms with van der Waals surface area (Å²) in [5.74, 6) is 0. The lowest BCUT2D eigenvalue weighted by molar-refractivity contribution is 0.110. The smallest absolute Gasteiger partial charge is 0.0700 e. The lowest BCUT2D eigenvalue weighted by Gasteiger charge is -2.09. The van der Waals surface area contributed by atoms with Crippen molar-refractivity contribution in [1.29, 1.82) is 0 Å². The SMILES string of the molecule is Br.Br.c1ccc(CNCC2CCCO2)nc1. The van der Waals surface area contributed by atoms with E-state index in [4.69, 9.17) is 4.74 Å². The Morgan fingerprint density at radius 1 is 1.38 bits per heavy atom. The number of hydrogen-bond acceptors (Lipinski definition) is 3. The third kappa shape index (κ3) is 5.39. The van der Waals surface area contributed by atoms with E-state index >= 15 is 0 Å². The molecule has 3 nitrogen and oxygen atoms in total. The van der Waals surface area contributed by atoms with E-state index in [1.165, 1.54) is 12.8 Å². The molecule has 0 amide bonds. The van der Waals surface area contributed by atoms with Crippen LogP contribution in [0.25, 0.3) is 0 Å². The van der Waals surface area contributed by atoms with Crippen molar-refractivity contribution in [3.8, 4) is 0 Å². The predicted molar refractivity (Wildman–Crippen MR) is 75.6 cm³/mol. The van der Waals surface area contributed by atoms with Crippen LogP contribution in [-0.4, -0.2) is 24.2 Å². The van der Waals surface area contributed by atoms with E-state index in [-0.39, 0.29) is 34.0 Å². The van der Waals surface area contributed by atoms with E-state index in [1.54, 1.807) is 0 Å². The zero-order valence-corrected chi connectivity index (χ0v) is 12.5. The van der Waals surface area contributed by atoms with Crippen LogP contribution in [0.4, 0.5) is 0 Å². The normalized spacial score (nSPS) is 18.6. The molecule has 1 unspecified atom stereocenters. The van der Waals surface area contributed by atoms with E-state index in [2.05, 4.69) is 10.3 Å². The summed E-state index contributed by atoms with van der Waals surface area (Å²) in [5, 5.41) is 3.36. The maximum Gasteiger partial charge on any atom is 0.0700 e. The lowest BCUT2D eigenvalue weighted by Crippen LogP contribution is -2.26. The van der Waals surface area contributed by atoms with Crippen molar-refractivity contribution in [2.75, 3.05) is 13.2 Å². The average Bonchev–Trinajstić information content (AvgIpc) is 2.72. The Labute approximate surface area is 118 Å². The number of rotatable bonds is 4. The molecule has 1 fully saturated rings. The molecule has 0 bridgehead atoms. The summed E-state index contributed by atoms with van der Waals surface area (Å²) in [5.41, 5.74) is 1.09. The van der Waals surface area contributed by atoms with Crippen LogP contribution in [0.1, 0.15) is 18.5 Å². The minimum Gasteiger partial charge on any atom is -0.377 e. The number of halogens is 2. The molecule has 1 aliphatic rings. The molecule has 1 aromatic heterocycles. The van der Waals surface area contributed by atoms with Crippen LogP contribution in [0.15, 0.2) is 24.4 Å². The van der Waals surface area contributed by atoms with Gasteiger partial charge in [-0.2, -0.15) is 0 Å². The van der Waals surface area contributed by atoms with Crippen LogP contribution in [0, 0.1) is 0 Å². The van der Waals surface area contributed by atoms with Gasteiger partial charge < -0.3 is 10.1 Å². The Bertz CT molecular complexity index is 266. The molecule has 0 radical (unpaired) electrons. The molecule has 2 heterocycles. The van der Waals surface area contributed by atoms with Crippen molar-refractivity contribution in [3.05, 3.63) is 30.1 Å². The van der Waals surface area contributed by atoms with Crippen LogP contribution in [0.5, 0.6) is 0 Å². The van der Waals surface area contributed by atoms with E-state index in [9.17, 15) is 0 Å². The van der Waals surface area contributed by atoms with Gasteiger partial charge in [-0.1, -0.05) is 6.07 Å². The summed E-state index contributed by atoms with van der Waals surface area (Å²) in [6, 6.07) is 5.97. The fraction of sp³-hybridized carbons (Fsp3) is 0.545. The highest BCUT2D eigenvalue weighted by Crippen LogP contribution is 2.10. The lowest BCUT2D eigenvalue weighted by atomic mass is 10.2. The van der Waals surface area contributed by atoms with Gasteiger partial charge in [0.05, 0.1) is 11.8 Å². The minimum absolute atomic E-state index is 0. The summed E-state index contributed by atoms with van der Waals surface area (Å²) in [6.07, 6.45) is 4.63. The Balaban J connectivity index is 0.00000112. The van der Waals surface area contributed by atoms with Gasteiger partial charge in [-0.05, 0) is 25.0 Å². The molecule has 0 aromatic carbocycles. The Morgan fingerprint density at radius 3 is 2.88 bits per heavy atom. The van der Waals surface area contributed by atoms with E-state index in [1.807, 2.05) is 24.4 Å². The van der Waals surface area contributed by atoms with Gasteiger partial charge in [0.15, 0.2) is 0 Å². The number of hydrogen-bond donors (Lipinski definition) is 1. The summed E-state index contributed by atoms with van der Waals surface area (Å²) >= 11 is 0. The van der Waals surface area contributed by atoms with Crippen molar-refractivity contribution >= 4 is 34.0 Å². The van der Waals surface area contributed by atoms with Crippen LogP contribution in [0.3, 0.4) is 0 Å². The second kappa shape index (κ2) is 9.10. The second-order valence-corrected chi connectivity index (χ2v) is 3.59. The van der Waals surface area contributed by atoms with Crippen LogP contribution < -0.4 is 5.32 Å². The van der Waals surface area contributed by atoms with Gasteiger partial charge >= 0.3 is 0 Å². The molecular formula is C11H18Br2N2O. The van der Waals surface area contributed by atoms with Gasteiger partial charge in [0.25, 0.3) is 0 Å². The number of nitrogens with zero attached hydrogens (tertiary/aromatic N) is 1. The first kappa shape index (κ1) is 16.0. The van der Waals surface area contributed by atoms with Gasteiger partial charge in [0, 0.05) is 25.9 Å². The number of ether oxygens (including phenoxy) is 1. The zero-order valence-electron chi connectivity index (χ0n) is 9.09. The second-order valence-electron chi connectivity index (χ2n) is 3.59. The van der Waals surface area contributed by atoms with Crippen molar-refractivity contribution < 1.29 is 4.74 Å². The van der Waals surface area contributed by atoms with Crippen molar-refractivity contribution in [1.82, 2.24) is 10.3 Å². The van der Waals surface area contributed by atoms with E-state index in [0.29, 0.717) is 6.10 Å². The van der Waals surface area contributed by atoms with Crippen molar-refractivity contribution in [2.24, 2.45) is 0 Å². The molecule has 16 heavy (non-hydrogen) atoms. The zero-order chi connectivity index (χ0) is 9.64. The first-order valence-electron chi connectivity index (χ1n) is 5.17. The highest BCUT2D eigenvalue weighted by molar-refractivity contribution is 8.93. The number of pyridine rings is 1. The predicted octanol–water partition coefficient (Wildman–Crippen LogP) is 2.51. The molecule has 5 heteroatoms. The maximum absolute atomic E-state index is 5.51. The standard InChI is InChI=1S/C11H16N2O.2BrH/c1-2-6-13-10(4-1)8-12-9-11-5-3-7-14-11;;/h1-2,4,6,11-12H,3,5,7-9H2;2*1H. The average molecular weight is 354 g/mol. The molecule has 2 rings (SSSR count). The fourth-order valence-electron chi connectivity index (χ4n) is 1.67. The molecule has 1 saturated heterocycles. The molecule has 1 N–H and O–H groups in total. The summed E-state index contributed by atoms with van der Waals surface area (Å²) in [6.45, 7) is 2.70. The van der Waals surface area contributed by atoms with Crippen molar-refractivity contribution in [3.63, 3.8) is 0 Å². The molecule has 0 spiro atoms. The largest absolute Gasteiger partial charge is 0.377 e. The highest BCUT2D eigenvalue weighted by Gasteiger charge is 2.14. The molecule has 1 aliphatic heterocycles. The van der Waals surface area contributed by atoms with Crippen LogP contribution >= 0.6 is 34.0 Å². The Kier molecular flexibility index (Phi) is 9.12. The van der Waals surface area contributed by atoms with E-state index < -0.39 is 0 Å². The molecule has 0 saturated carbocycles. The first-order valence-corrected chi connectivity index (χ1v) is 5.17. The topological polar surface area (TPSA) is 34.1 Å². The highest BCUT2D eigenvalue weighted by atomic mass is 79.9. The van der Waals surface area contributed by atoms with E-state index in [0.717, 1.165) is 25.4 Å². The van der Waals surface area contributed by atoms with Gasteiger partial charge in [-0.15, -0.1) is 34.0 Å². The van der Waals surface area contributed by atoms with Crippen LogP contribution in [-0.2, 0) is 11.3 Å². The quantitative estimate of drug-likeness (QED) is 0.903. The summed E-state index contributed by atoms with van der Waals surface area (Å²) < 4.78 is 5.51. The molecular weight excluding hydrogens is 336 g/mol. The maximum atomic E-state index is 5.51. The summed E-state index contributed by atoms with van der Waals surface area (Å²) in [4.78, 5) is 4.24. The van der Waals surface area contributed by atoms with Gasteiger partial charge in [-0.25, -0.2) is 0 Å². The van der Waals surface area contributed by atoms with Gasteiger partial charge in [-0.3, -0.25) is 4.98 Å². The van der Waals surface area contributed by atoms with Gasteiger partial charge in [0.2, 0.25) is 0 Å². The third-order valence-corrected chi connectivity index (χ3v) is 2.43.